The number of carboxylic acids is 1. The summed E-state index contributed by atoms with van der Waals surface area (Å²) in [5, 5.41) is 11.8. The second-order valence-corrected chi connectivity index (χ2v) is 6.16. The van der Waals surface area contributed by atoms with Crippen LogP contribution < -0.4 is 5.32 Å². The van der Waals surface area contributed by atoms with Gasteiger partial charge in [0.05, 0.1) is 10.5 Å². The zero-order chi connectivity index (χ0) is 15.1. The molecule has 2 N–H and O–H groups in total. The van der Waals surface area contributed by atoms with Gasteiger partial charge < -0.3 is 10.4 Å². The second kappa shape index (κ2) is 8.14. The van der Waals surface area contributed by atoms with E-state index in [1.807, 2.05) is 0 Å². The van der Waals surface area contributed by atoms with Gasteiger partial charge in [-0.3, -0.25) is 0 Å². The highest BCUT2D eigenvalue weighted by atomic mass is 35.5. The molecule has 0 amide bonds. The lowest BCUT2D eigenvalue weighted by Gasteiger charge is -2.01. The van der Waals surface area contributed by atoms with Crippen LogP contribution in [0.2, 0.25) is 5.02 Å². The number of rotatable bonds is 4. The van der Waals surface area contributed by atoms with E-state index in [0.717, 1.165) is 25.4 Å². The van der Waals surface area contributed by atoms with Crippen LogP contribution >= 0.6 is 11.6 Å². The fraction of sp³-hybridized carbons (Fsp3) is 0.417. The first kappa shape index (κ1) is 17.9. The molecule has 0 aromatic heterocycles. The van der Waals surface area contributed by atoms with Crippen LogP contribution in [0.4, 0.5) is 0 Å². The molecular weight excluding hydrogens is 290 g/mol. The van der Waals surface area contributed by atoms with Crippen molar-refractivity contribution in [1.82, 2.24) is 5.32 Å². The molecule has 1 aromatic carbocycles. The molecule has 0 aliphatic rings. The van der Waals surface area contributed by atoms with E-state index in [1.165, 1.54) is 12.1 Å². The van der Waals surface area contributed by atoms with Crippen molar-refractivity contribution < 1.29 is 18.3 Å². The molecule has 1 rings (SSSR count). The van der Waals surface area contributed by atoms with Gasteiger partial charge in [0.2, 0.25) is 0 Å². The predicted octanol–water partition coefficient (Wildman–Crippen LogP) is 2.06. The van der Waals surface area contributed by atoms with Gasteiger partial charge in [-0.2, -0.15) is 0 Å². The van der Waals surface area contributed by atoms with Crippen molar-refractivity contribution in [2.45, 2.75) is 18.7 Å². The van der Waals surface area contributed by atoms with E-state index < -0.39 is 15.8 Å². The SMILES string of the molecule is CCNCC.CS(=O)(=O)c1cc(Cl)cc(C(=O)O)c1. The fourth-order valence-electron chi connectivity index (χ4n) is 1.15. The Morgan fingerprint density at radius 1 is 1.26 bits per heavy atom. The standard InChI is InChI=1S/C8H7ClO4S.C4H11N/c1-14(12,13)7-3-5(8(10)11)2-6(9)4-7;1-3-5-4-2/h2-4H,1H3,(H,10,11);5H,3-4H2,1-2H3. The van der Waals surface area contributed by atoms with E-state index in [0.29, 0.717) is 0 Å². The van der Waals surface area contributed by atoms with Crippen molar-refractivity contribution in [3.63, 3.8) is 0 Å². The second-order valence-electron chi connectivity index (χ2n) is 3.71. The van der Waals surface area contributed by atoms with Crippen LogP contribution in [0.25, 0.3) is 0 Å². The number of halogens is 1. The largest absolute Gasteiger partial charge is 0.478 e. The first-order valence-electron chi connectivity index (χ1n) is 5.67. The van der Waals surface area contributed by atoms with Gasteiger partial charge in [-0.05, 0) is 31.3 Å². The molecule has 19 heavy (non-hydrogen) atoms. The molecule has 0 atom stereocenters. The zero-order valence-corrected chi connectivity index (χ0v) is 12.7. The maximum atomic E-state index is 11.1. The minimum absolute atomic E-state index is 0.0883. The smallest absolute Gasteiger partial charge is 0.335 e. The summed E-state index contributed by atoms with van der Waals surface area (Å²) in [5.74, 6) is -1.21. The molecule has 5 nitrogen and oxygen atoms in total. The third-order valence-electron chi connectivity index (χ3n) is 2.05. The Bertz CT molecular complexity index is 527. The Morgan fingerprint density at radius 3 is 2.11 bits per heavy atom. The lowest BCUT2D eigenvalue weighted by atomic mass is 10.2. The number of hydrogen-bond donors (Lipinski definition) is 2. The predicted molar refractivity (Wildman–Crippen MR) is 75.7 cm³/mol. The number of hydrogen-bond acceptors (Lipinski definition) is 4. The lowest BCUT2D eigenvalue weighted by molar-refractivity contribution is 0.0696. The van der Waals surface area contributed by atoms with E-state index in [2.05, 4.69) is 19.2 Å². The number of carboxylic acid groups (broad SMARTS) is 1. The van der Waals surface area contributed by atoms with Crippen LogP contribution in [0.3, 0.4) is 0 Å². The monoisotopic (exact) mass is 307 g/mol. The van der Waals surface area contributed by atoms with Gasteiger partial charge in [-0.1, -0.05) is 25.4 Å². The maximum Gasteiger partial charge on any atom is 0.335 e. The van der Waals surface area contributed by atoms with Crippen LogP contribution in [-0.4, -0.2) is 38.8 Å². The molecule has 0 bridgehead atoms. The van der Waals surface area contributed by atoms with E-state index in [1.54, 1.807) is 0 Å². The minimum Gasteiger partial charge on any atom is -0.478 e. The summed E-state index contributed by atoms with van der Waals surface area (Å²) in [6.07, 6.45) is 0.990. The topological polar surface area (TPSA) is 83.5 Å². The number of nitrogens with one attached hydrogen (secondary N) is 1. The Kier molecular flexibility index (Phi) is 7.66. The van der Waals surface area contributed by atoms with Crippen molar-refractivity contribution >= 4 is 27.4 Å². The summed E-state index contributed by atoms with van der Waals surface area (Å²) < 4.78 is 22.2. The average molecular weight is 308 g/mol. The Balaban J connectivity index is 0.000000555. The van der Waals surface area contributed by atoms with Crippen molar-refractivity contribution in [3.8, 4) is 0 Å². The third-order valence-corrected chi connectivity index (χ3v) is 3.36. The third kappa shape index (κ3) is 7.15. The van der Waals surface area contributed by atoms with Gasteiger partial charge in [-0.15, -0.1) is 0 Å². The Hall–Kier alpha value is -1.11. The minimum atomic E-state index is -3.43. The molecular formula is C12H18ClNO4S. The maximum absolute atomic E-state index is 11.1. The van der Waals surface area contributed by atoms with Gasteiger partial charge in [0.25, 0.3) is 0 Å². The molecule has 0 saturated carbocycles. The summed E-state index contributed by atoms with van der Waals surface area (Å²) in [4.78, 5) is 10.5. The summed E-state index contributed by atoms with van der Waals surface area (Å²) in [7, 11) is -3.43. The van der Waals surface area contributed by atoms with E-state index in [4.69, 9.17) is 16.7 Å². The van der Waals surface area contributed by atoms with Gasteiger partial charge in [0.15, 0.2) is 9.84 Å². The molecule has 0 heterocycles. The molecule has 0 saturated heterocycles. The normalized spacial score (nSPS) is 10.5. The quantitative estimate of drug-likeness (QED) is 0.889. The highest BCUT2D eigenvalue weighted by Crippen LogP contribution is 2.18. The van der Waals surface area contributed by atoms with Crippen molar-refractivity contribution in [1.29, 1.82) is 0 Å². The van der Waals surface area contributed by atoms with E-state index in [-0.39, 0.29) is 15.5 Å². The van der Waals surface area contributed by atoms with Crippen LogP contribution in [0.5, 0.6) is 0 Å². The number of benzene rings is 1. The Labute approximate surface area is 118 Å². The van der Waals surface area contributed by atoms with E-state index >= 15 is 0 Å². The van der Waals surface area contributed by atoms with Crippen LogP contribution in [0, 0.1) is 0 Å². The first-order chi connectivity index (χ1) is 8.72. The summed E-state index contributed by atoms with van der Waals surface area (Å²) in [6, 6.07) is 3.48. The molecule has 0 fully saturated rings. The van der Waals surface area contributed by atoms with Gasteiger partial charge >= 0.3 is 5.97 Å². The molecule has 1 aromatic rings. The molecule has 0 aliphatic heterocycles. The summed E-state index contributed by atoms with van der Waals surface area (Å²) in [6.45, 7) is 6.39. The summed E-state index contributed by atoms with van der Waals surface area (Å²) >= 11 is 5.57. The first-order valence-corrected chi connectivity index (χ1v) is 7.94. The Morgan fingerprint density at radius 2 is 1.79 bits per heavy atom. The molecule has 0 radical (unpaired) electrons. The fourth-order valence-corrected chi connectivity index (χ4v) is 2.13. The van der Waals surface area contributed by atoms with Gasteiger partial charge in [-0.25, -0.2) is 13.2 Å². The van der Waals surface area contributed by atoms with Crippen LogP contribution in [0.15, 0.2) is 23.1 Å². The number of aromatic carboxylic acids is 1. The number of carbonyl (C=O) groups is 1. The van der Waals surface area contributed by atoms with Crippen LogP contribution in [0.1, 0.15) is 24.2 Å². The van der Waals surface area contributed by atoms with Crippen LogP contribution in [-0.2, 0) is 9.84 Å². The van der Waals surface area contributed by atoms with Crippen molar-refractivity contribution in [2.24, 2.45) is 0 Å². The van der Waals surface area contributed by atoms with Crippen molar-refractivity contribution in [3.05, 3.63) is 28.8 Å². The van der Waals surface area contributed by atoms with Crippen molar-refractivity contribution in [2.75, 3.05) is 19.3 Å². The molecule has 7 heteroatoms. The van der Waals surface area contributed by atoms with Gasteiger partial charge in [0, 0.05) is 11.3 Å². The molecule has 0 aliphatic carbocycles. The molecule has 0 unspecified atom stereocenters. The molecule has 108 valence electrons. The highest BCUT2D eigenvalue weighted by Gasteiger charge is 2.12. The molecule has 0 spiro atoms. The number of sulfone groups is 1. The van der Waals surface area contributed by atoms with Gasteiger partial charge in [0.1, 0.15) is 0 Å². The lowest BCUT2D eigenvalue weighted by Crippen LogP contribution is -2.09. The average Bonchev–Trinajstić information content (AvgIpc) is 2.29. The zero-order valence-electron chi connectivity index (χ0n) is 11.1. The summed E-state index contributed by atoms with van der Waals surface area (Å²) in [5.41, 5.74) is -0.141. The highest BCUT2D eigenvalue weighted by molar-refractivity contribution is 7.90. The van der Waals surface area contributed by atoms with E-state index in [9.17, 15) is 13.2 Å².